The van der Waals surface area contributed by atoms with Gasteiger partial charge in [-0.1, -0.05) is 23.7 Å². The minimum Gasteiger partial charge on any atom is -0.394 e. The van der Waals surface area contributed by atoms with Crippen molar-refractivity contribution in [3.05, 3.63) is 58.9 Å². The monoisotopic (exact) mass is 427 g/mol. The molecule has 0 aliphatic heterocycles. The van der Waals surface area contributed by atoms with Crippen LogP contribution >= 0.6 is 11.6 Å². The average Bonchev–Trinajstić information content (AvgIpc) is 3.43. The Labute approximate surface area is 178 Å². The van der Waals surface area contributed by atoms with Crippen molar-refractivity contribution in [1.82, 2.24) is 20.3 Å². The number of halogens is 1. The third-order valence-electron chi connectivity index (χ3n) is 4.74. The number of aromatic nitrogens is 3. The van der Waals surface area contributed by atoms with Gasteiger partial charge in [-0.05, 0) is 43.0 Å². The van der Waals surface area contributed by atoms with Crippen LogP contribution in [-0.2, 0) is 0 Å². The first-order valence-electron chi connectivity index (χ1n) is 9.65. The second kappa shape index (κ2) is 8.73. The van der Waals surface area contributed by atoms with Gasteiger partial charge >= 0.3 is 6.09 Å². The molecule has 9 heteroatoms. The summed E-state index contributed by atoms with van der Waals surface area (Å²) in [6, 6.07) is 8.44. The highest BCUT2D eigenvalue weighted by atomic mass is 35.5. The van der Waals surface area contributed by atoms with Crippen molar-refractivity contribution in [1.29, 1.82) is 0 Å². The number of anilines is 1. The van der Waals surface area contributed by atoms with Gasteiger partial charge in [-0.15, -0.1) is 0 Å². The first-order chi connectivity index (χ1) is 14.5. The number of aryl methyl sites for hydroxylation is 1. The Morgan fingerprint density at radius 1 is 1.40 bits per heavy atom. The molecule has 0 saturated heterocycles. The number of aliphatic hydroxyl groups excluding tert-OH is 1. The van der Waals surface area contributed by atoms with E-state index < -0.39 is 12.1 Å². The van der Waals surface area contributed by atoms with Crippen LogP contribution in [0, 0.1) is 6.92 Å². The fourth-order valence-electron chi connectivity index (χ4n) is 3.01. The van der Waals surface area contributed by atoms with E-state index in [1.807, 2.05) is 6.92 Å². The molecular weight excluding hydrogens is 406 g/mol. The van der Waals surface area contributed by atoms with Gasteiger partial charge in [0.15, 0.2) is 0 Å². The number of aliphatic hydroxyl groups is 1. The van der Waals surface area contributed by atoms with Gasteiger partial charge in [0.2, 0.25) is 11.8 Å². The Morgan fingerprint density at radius 2 is 2.23 bits per heavy atom. The third kappa shape index (κ3) is 4.90. The number of hydrogen-bond donors (Lipinski definition) is 4. The fourth-order valence-corrected chi connectivity index (χ4v) is 3.21. The zero-order valence-corrected chi connectivity index (χ0v) is 17.1. The summed E-state index contributed by atoms with van der Waals surface area (Å²) in [5.41, 5.74) is 3.13. The van der Waals surface area contributed by atoms with E-state index in [4.69, 9.17) is 16.3 Å². The average molecular weight is 428 g/mol. The van der Waals surface area contributed by atoms with Crippen LogP contribution in [0.15, 0.2) is 42.7 Å². The van der Waals surface area contributed by atoms with Crippen LogP contribution in [0.5, 0.6) is 5.88 Å². The van der Waals surface area contributed by atoms with Gasteiger partial charge in [0.25, 0.3) is 0 Å². The maximum atomic E-state index is 12.3. The first-order valence-corrected chi connectivity index (χ1v) is 10.0. The van der Waals surface area contributed by atoms with Crippen LogP contribution in [0.25, 0.3) is 11.3 Å². The van der Waals surface area contributed by atoms with Crippen LogP contribution in [0.3, 0.4) is 0 Å². The van der Waals surface area contributed by atoms with Gasteiger partial charge in [0.05, 0.1) is 18.3 Å². The standard InChI is InChI=1S/C21H22ClN5O3/c1-12-9-24-20(25-16-5-6-16)27-19(12)14-8-18(23-10-14)30-21(29)26-17(11-28)13-3-2-4-15(22)7-13/h2-4,7-10,16-17,23,28H,5-6,11H2,1H3,(H,26,29)(H,24,25,27). The Bertz CT molecular complexity index is 1050. The summed E-state index contributed by atoms with van der Waals surface area (Å²) in [5.74, 6) is 0.854. The lowest BCUT2D eigenvalue weighted by Gasteiger charge is -2.16. The minimum atomic E-state index is -0.696. The number of carbonyl (C=O) groups is 1. The molecule has 0 radical (unpaired) electrons. The molecule has 1 saturated carbocycles. The van der Waals surface area contributed by atoms with Crippen molar-refractivity contribution < 1.29 is 14.6 Å². The normalized spacial score (nSPS) is 14.2. The molecule has 1 aliphatic rings. The molecule has 2 aromatic heterocycles. The van der Waals surface area contributed by atoms with Gasteiger partial charge in [0, 0.05) is 35.1 Å². The number of nitrogens with zero attached hydrogens (tertiary/aromatic N) is 2. The van der Waals surface area contributed by atoms with E-state index >= 15 is 0 Å². The van der Waals surface area contributed by atoms with Gasteiger partial charge in [-0.2, -0.15) is 0 Å². The van der Waals surface area contributed by atoms with Crippen LogP contribution in [0.4, 0.5) is 10.7 Å². The van der Waals surface area contributed by atoms with Crippen molar-refractivity contribution in [2.24, 2.45) is 0 Å². The van der Waals surface area contributed by atoms with Crippen LogP contribution in [0.1, 0.15) is 30.0 Å². The number of carbonyl (C=O) groups excluding carboxylic acids is 1. The smallest absolute Gasteiger partial charge is 0.394 e. The highest BCUT2D eigenvalue weighted by Gasteiger charge is 2.22. The zero-order chi connectivity index (χ0) is 21.1. The summed E-state index contributed by atoms with van der Waals surface area (Å²) in [6.07, 6.45) is 5.06. The van der Waals surface area contributed by atoms with E-state index in [2.05, 4.69) is 25.6 Å². The number of nitrogens with one attached hydrogen (secondary N) is 3. The second-order valence-electron chi connectivity index (χ2n) is 7.22. The lowest BCUT2D eigenvalue weighted by atomic mass is 10.1. The quantitative estimate of drug-likeness (QED) is 0.456. The molecule has 8 nitrogen and oxygen atoms in total. The Morgan fingerprint density at radius 3 is 2.97 bits per heavy atom. The number of ether oxygens (including phenoxy) is 1. The van der Waals surface area contributed by atoms with E-state index in [0.717, 1.165) is 29.7 Å². The van der Waals surface area contributed by atoms with Crippen LogP contribution < -0.4 is 15.4 Å². The molecule has 156 valence electrons. The lowest BCUT2D eigenvalue weighted by Crippen LogP contribution is -2.33. The number of hydrogen-bond acceptors (Lipinski definition) is 6. The Kier molecular flexibility index (Phi) is 5.87. The van der Waals surface area contributed by atoms with Gasteiger partial charge < -0.3 is 25.5 Å². The van der Waals surface area contributed by atoms with E-state index in [-0.39, 0.29) is 12.5 Å². The van der Waals surface area contributed by atoms with E-state index in [1.54, 1.807) is 42.7 Å². The van der Waals surface area contributed by atoms with Crippen molar-refractivity contribution in [3.63, 3.8) is 0 Å². The number of H-pyrrole nitrogens is 1. The lowest BCUT2D eigenvalue weighted by molar-refractivity contribution is 0.182. The molecule has 2 heterocycles. The maximum Gasteiger partial charge on any atom is 0.414 e. The molecule has 1 atom stereocenters. The number of benzene rings is 1. The Balaban J connectivity index is 1.43. The van der Waals surface area contributed by atoms with Crippen molar-refractivity contribution in [2.75, 3.05) is 11.9 Å². The molecule has 4 rings (SSSR count). The van der Waals surface area contributed by atoms with Crippen LogP contribution in [0.2, 0.25) is 5.02 Å². The van der Waals surface area contributed by atoms with Gasteiger partial charge in [0.1, 0.15) is 0 Å². The molecule has 0 spiro atoms. The number of amides is 1. The summed E-state index contributed by atoms with van der Waals surface area (Å²) >= 11 is 5.98. The predicted molar refractivity (Wildman–Crippen MR) is 114 cm³/mol. The highest BCUT2D eigenvalue weighted by molar-refractivity contribution is 6.30. The molecule has 3 aromatic rings. The van der Waals surface area contributed by atoms with Gasteiger partial charge in [-0.25, -0.2) is 14.8 Å². The molecule has 1 fully saturated rings. The van der Waals surface area contributed by atoms with E-state index in [0.29, 0.717) is 22.6 Å². The number of rotatable bonds is 7. The topological polar surface area (TPSA) is 112 Å². The molecule has 0 bridgehead atoms. The van der Waals surface area contributed by atoms with Crippen molar-refractivity contribution >= 4 is 23.6 Å². The molecule has 30 heavy (non-hydrogen) atoms. The molecule has 1 unspecified atom stereocenters. The Hall–Kier alpha value is -3.10. The van der Waals surface area contributed by atoms with Crippen molar-refractivity contribution in [2.45, 2.75) is 31.8 Å². The highest BCUT2D eigenvalue weighted by Crippen LogP contribution is 2.28. The first kappa shape index (κ1) is 20.2. The molecule has 1 amide bonds. The molecule has 4 N–H and O–H groups in total. The van der Waals surface area contributed by atoms with Crippen molar-refractivity contribution in [3.8, 4) is 17.1 Å². The van der Waals surface area contributed by atoms with E-state index in [9.17, 15) is 9.90 Å². The predicted octanol–water partition coefficient (Wildman–Crippen LogP) is 3.83. The summed E-state index contributed by atoms with van der Waals surface area (Å²) < 4.78 is 5.34. The summed E-state index contributed by atoms with van der Waals surface area (Å²) in [6.45, 7) is 1.63. The minimum absolute atomic E-state index is 0.264. The zero-order valence-electron chi connectivity index (χ0n) is 16.4. The largest absolute Gasteiger partial charge is 0.414 e. The summed E-state index contributed by atoms with van der Waals surface area (Å²) in [4.78, 5) is 24.1. The van der Waals surface area contributed by atoms with E-state index in [1.165, 1.54) is 0 Å². The maximum absolute atomic E-state index is 12.3. The molecule has 1 aliphatic carbocycles. The van der Waals surface area contributed by atoms with Gasteiger partial charge in [-0.3, -0.25) is 0 Å². The fraction of sp³-hybridized carbons (Fsp3) is 0.286. The molecule has 1 aromatic carbocycles. The number of aromatic amines is 1. The summed E-state index contributed by atoms with van der Waals surface area (Å²) in [5, 5.41) is 16.0. The third-order valence-corrected chi connectivity index (χ3v) is 4.98. The SMILES string of the molecule is Cc1cnc(NC2CC2)nc1-c1c[nH]c(OC(=O)NC(CO)c2cccc(Cl)c2)c1. The molecular formula is C21H22ClN5O3. The second-order valence-corrected chi connectivity index (χ2v) is 7.66. The summed E-state index contributed by atoms with van der Waals surface area (Å²) in [7, 11) is 0. The van der Waals surface area contributed by atoms with Crippen LogP contribution in [-0.4, -0.2) is 38.8 Å².